The predicted octanol–water partition coefficient (Wildman–Crippen LogP) is 4.46. The van der Waals surface area contributed by atoms with Crippen molar-refractivity contribution in [3.8, 4) is 0 Å². The fourth-order valence-corrected chi connectivity index (χ4v) is 2.12. The van der Waals surface area contributed by atoms with Gasteiger partial charge in [-0.25, -0.2) is 4.39 Å². The van der Waals surface area contributed by atoms with Crippen molar-refractivity contribution in [3.63, 3.8) is 0 Å². The maximum atomic E-state index is 13.2. The zero-order chi connectivity index (χ0) is 14.0. The lowest BCUT2D eigenvalue weighted by molar-refractivity contribution is 0.102. The minimum atomic E-state index is -0.369. The van der Waals surface area contributed by atoms with E-state index in [1.54, 1.807) is 12.1 Å². The first-order chi connectivity index (χ1) is 8.97. The van der Waals surface area contributed by atoms with Gasteiger partial charge in [0.1, 0.15) is 5.82 Å². The van der Waals surface area contributed by atoms with Crippen molar-refractivity contribution in [2.45, 2.75) is 13.8 Å². The number of amides is 1. The zero-order valence-electron chi connectivity index (χ0n) is 10.6. The summed E-state index contributed by atoms with van der Waals surface area (Å²) in [6, 6.07) is 9.81. The first-order valence-electron chi connectivity index (χ1n) is 5.81. The second-order valence-corrected chi connectivity index (χ2v) is 5.29. The van der Waals surface area contributed by atoms with E-state index in [1.165, 1.54) is 12.1 Å². The molecule has 98 valence electrons. The Morgan fingerprint density at radius 3 is 2.53 bits per heavy atom. The van der Waals surface area contributed by atoms with Gasteiger partial charge in [-0.15, -0.1) is 0 Å². The van der Waals surface area contributed by atoms with Gasteiger partial charge in [0.2, 0.25) is 0 Å². The van der Waals surface area contributed by atoms with E-state index in [2.05, 4.69) is 21.2 Å². The number of hydrogen-bond acceptors (Lipinski definition) is 1. The summed E-state index contributed by atoms with van der Waals surface area (Å²) in [4.78, 5) is 12.2. The smallest absolute Gasteiger partial charge is 0.255 e. The van der Waals surface area contributed by atoms with Gasteiger partial charge in [-0.1, -0.05) is 28.1 Å². The number of carbonyl (C=O) groups is 1. The van der Waals surface area contributed by atoms with E-state index in [1.807, 2.05) is 26.0 Å². The second kappa shape index (κ2) is 5.53. The molecule has 0 aliphatic heterocycles. The third kappa shape index (κ3) is 3.20. The molecule has 0 saturated heterocycles. The van der Waals surface area contributed by atoms with Crippen molar-refractivity contribution in [3.05, 3.63) is 63.4 Å². The normalized spacial score (nSPS) is 10.3. The van der Waals surface area contributed by atoms with Crippen LogP contribution < -0.4 is 5.32 Å². The minimum Gasteiger partial charge on any atom is -0.322 e. The summed E-state index contributed by atoms with van der Waals surface area (Å²) in [5.74, 6) is -0.612. The molecule has 0 aromatic heterocycles. The van der Waals surface area contributed by atoms with Crippen LogP contribution in [-0.4, -0.2) is 5.91 Å². The number of rotatable bonds is 2. The number of carbonyl (C=O) groups excluding carboxylic acids is 1. The lowest BCUT2D eigenvalue weighted by Gasteiger charge is -2.10. The molecule has 2 rings (SSSR count). The molecule has 0 radical (unpaired) electrons. The van der Waals surface area contributed by atoms with Gasteiger partial charge >= 0.3 is 0 Å². The van der Waals surface area contributed by atoms with E-state index >= 15 is 0 Å². The van der Waals surface area contributed by atoms with Gasteiger partial charge in [0, 0.05) is 15.7 Å². The van der Waals surface area contributed by atoms with Crippen LogP contribution in [0.4, 0.5) is 10.1 Å². The topological polar surface area (TPSA) is 29.1 Å². The Morgan fingerprint density at radius 2 is 1.79 bits per heavy atom. The Bertz CT molecular complexity index is 640. The van der Waals surface area contributed by atoms with Crippen LogP contribution in [0.5, 0.6) is 0 Å². The summed E-state index contributed by atoms with van der Waals surface area (Å²) in [6.45, 7) is 3.68. The highest BCUT2D eigenvalue weighted by atomic mass is 79.9. The van der Waals surface area contributed by atoms with Gasteiger partial charge in [-0.05, 0) is 49.2 Å². The fraction of sp³-hybridized carbons (Fsp3) is 0.133. The highest BCUT2D eigenvalue weighted by Gasteiger charge is 2.11. The lowest BCUT2D eigenvalue weighted by atomic mass is 10.1. The molecule has 0 bridgehead atoms. The van der Waals surface area contributed by atoms with E-state index < -0.39 is 0 Å². The van der Waals surface area contributed by atoms with Crippen LogP contribution in [0.25, 0.3) is 0 Å². The Hall–Kier alpha value is -1.68. The molecular weight excluding hydrogens is 309 g/mol. The number of hydrogen-bond donors (Lipinski definition) is 1. The Morgan fingerprint density at radius 1 is 1.11 bits per heavy atom. The summed E-state index contributed by atoms with van der Waals surface area (Å²) < 4.78 is 14.0. The average Bonchev–Trinajstić information content (AvgIpc) is 2.36. The molecule has 0 saturated carbocycles. The second-order valence-electron chi connectivity index (χ2n) is 4.37. The Balaban J connectivity index is 2.30. The number of nitrogens with one attached hydrogen (secondary N) is 1. The molecule has 0 heterocycles. The average molecular weight is 322 g/mol. The third-order valence-corrected chi connectivity index (χ3v) is 3.39. The summed E-state index contributed by atoms with van der Waals surface area (Å²) in [5.41, 5.74) is 2.75. The molecule has 1 N–H and O–H groups in total. The lowest BCUT2D eigenvalue weighted by Crippen LogP contribution is -2.14. The van der Waals surface area contributed by atoms with Crippen molar-refractivity contribution in [2.75, 3.05) is 5.32 Å². The molecular formula is C15H13BrFNO. The van der Waals surface area contributed by atoms with Gasteiger partial charge in [-0.3, -0.25) is 4.79 Å². The fourth-order valence-electron chi connectivity index (χ4n) is 1.76. The molecule has 0 aliphatic rings. The number of halogens is 2. The summed E-state index contributed by atoms with van der Waals surface area (Å²) in [5, 5.41) is 2.74. The van der Waals surface area contributed by atoms with E-state index in [4.69, 9.17) is 0 Å². The molecule has 0 atom stereocenters. The molecule has 0 unspecified atom stereocenters. The molecule has 0 fully saturated rings. The number of benzene rings is 2. The quantitative estimate of drug-likeness (QED) is 0.869. The first-order valence-corrected chi connectivity index (χ1v) is 6.60. The molecule has 0 spiro atoms. The van der Waals surface area contributed by atoms with Gasteiger partial charge < -0.3 is 5.32 Å². The van der Waals surface area contributed by atoms with Crippen LogP contribution in [0.15, 0.2) is 40.9 Å². The molecule has 2 nitrogen and oxygen atoms in total. The van der Waals surface area contributed by atoms with Crippen LogP contribution in [0.1, 0.15) is 21.5 Å². The molecule has 0 aliphatic carbocycles. The minimum absolute atomic E-state index is 0.243. The van der Waals surface area contributed by atoms with E-state index in [0.29, 0.717) is 11.3 Å². The van der Waals surface area contributed by atoms with Gasteiger partial charge in [0.25, 0.3) is 5.91 Å². The van der Waals surface area contributed by atoms with Crippen molar-refractivity contribution in [1.29, 1.82) is 0 Å². The van der Waals surface area contributed by atoms with Gasteiger partial charge in [0.05, 0.1) is 0 Å². The predicted molar refractivity (Wildman–Crippen MR) is 78.0 cm³/mol. The van der Waals surface area contributed by atoms with Crippen molar-refractivity contribution in [2.24, 2.45) is 0 Å². The van der Waals surface area contributed by atoms with Crippen LogP contribution in [0.2, 0.25) is 0 Å². The van der Waals surface area contributed by atoms with Crippen LogP contribution in [-0.2, 0) is 0 Å². The Labute approximate surface area is 119 Å². The van der Waals surface area contributed by atoms with Gasteiger partial charge in [-0.2, -0.15) is 0 Å². The molecule has 2 aromatic carbocycles. The summed E-state index contributed by atoms with van der Waals surface area (Å²) >= 11 is 3.34. The standard InChI is InChI=1S/C15H13BrFNO/c1-9-3-5-11(16)7-13(9)15(19)18-14-8-12(17)6-4-10(14)2/h3-8H,1-2H3,(H,18,19). The van der Waals surface area contributed by atoms with Gasteiger partial charge in [0.15, 0.2) is 0 Å². The van der Waals surface area contributed by atoms with Crippen molar-refractivity contribution in [1.82, 2.24) is 0 Å². The van der Waals surface area contributed by atoms with Crippen LogP contribution >= 0.6 is 15.9 Å². The molecule has 1 amide bonds. The van der Waals surface area contributed by atoms with E-state index in [-0.39, 0.29) is 11.7 Å². The third-order valence-electron chi connectivity index (χ3n) is 2.89. The molecule has 2 aromatic rings. The van der Waals surface area contributed by atoms with Crippen LogP contribution in [0, 0.1) is 19.7 Å². The van der Waals surface area contributed by atoms with Crippen molar-refractivity contribution >= 4 is 27.5 Å². The highest BCUT2D eigenvalue weighted by molar-refractivity contribution is 9.10. The summed E-state index contributed by atoms with van der Waals surface area (Å²) in [7, 11) is 0. The van der Waals surface area contributed by atoms with E-state index in [0.717, 1.165) is 15.6 Å². The largest absolute Gasteiger partial charge is 0.322 e. The highest BCUT2D eigenvalue weighted by Crippen LogP contribution is 2.20. The number of anilines is 1. The molecule has 4 heteroatoms. The summed E-state index contributed by atoms with van der Waals surface area (Å²) in [6.07, 6.45) is 0. The number of aryl methyl sites for hydroxylation is 2. The maximum absolute atomic E-state index is 13.2. The Kier molecular flexibility index (Phi) is 4.00. The van der Waals surface area contributed by atoms with Crippen molar-refractivity contribution < 1.29 is 9.18 Å². The zero-order valence-corrected chi connectivity index (χ0v) is 12.2. The van der Waals surface area contributed by atoms with E-state index in [9.17, 15) is 9.18 Å². The van der Waals surface area contributed by atoms with Crippen LogP contribution in [0.3, 0.4) is 0 Å². The monoisotopic (exact) mass is 321 g/mol. The molecule has 19 heavy (non-hydrogen) atoms. The maximum Gasteiger partial charge on any atom is 0.255 e. The SMILES string of the molecule is Cc1ccc(F)cc1NC(=O)c1cc(Br)ccc1C. The first kappa shape index (κ1) is 13.7.